The van der Waals surface area contributed by atoms with Crippen LogP contribution in [-0.4, -0.2) is 27.7 Å². The summed E-state index contributed by atoms with van der Waals surface area (Å²) in [6.07, 6.45) is 4.71. The first-order valence-corrected chi connectivity index (χ1v) is 7.03. The standard InChI is InChI=1S/C16H14O4/c17-10-2-1-9-5-8-6-15(19)4-3-11(18)14-16(15,7-8)12(9)13(10)20-14/h1-4,8,14,17,19H,5-7H2/t8?,14-,15+,16-/m0/s1. The van der Waals surface area contributed by atoms with E-state index in [0.717, 1.165) is 24.0 Å². The molecule has 4 aliphatic rings. The molecule has 1 saturated carbocycles. The van der Waals surface area contributed by atoms with Crippen molar-refractivity contribution < 1.29 is 19.7 Å². The maximum Gasteiger partial charge on any atom is 0.196 e. The van der Waals surface area contributed by atoms with E-state index in [0.29, 0.717) is 18.1 Å². The summed E-state index contributed by atoms with van der Waals surface area (Å²) < 4.78 is 5.82. The highest BCUT2D eigenvalue weighted by atomic mass is 16.5. The maximum atomic E-state index is 12.3. The van der Waals surface area contributed by atoms with E-state index < -0.39 is 17.1 Å². The van der Waals surface area contributed by atoms with Crippen molar-refractivity contribution in [1.29, 1.82) is 0 Å². The van der Waals surface area contributed by atoms with Crippen molar-refractivity contribution in [2.75, 3.05) is 0 Å². The third-order valence-electron chi connectivity index (χ3n) is 5.63. The minimum absolute atomic E-state index is 0.0630. The Balaban J connectivity index is 1.92. The maximum absolute atomic E-state index is 12.3. The summed E-state index contributed by atoms with van der Waals surface area (Å²) >= 11 is 0. The zero-order valence-electron chi connectivity index (χ0n) is 10.8. The number of hydrogen-bond acceptors (Lipinski definition) is 4. The van der Waals surface area contributed by atoms with Crippen LogP contribution in [0.3, 0.4) is 0 Å². The predicted molar refractivity (Wildman–Crippen MR) is 69.7 cm³/mol. The van der Waals surface area contributed by atoms with Gasteiger partial charge in [-0.05, 0) is 49.0 Å². The van der Waals surface area contributed by atoms with Crippen molar-refractivity contribution in [2.45, 2.75) is 36.4 Å². The molecule has 1 aromatic carbocycles. The molecule has 1 aromatic rings. The van der Waals surface area contributed by atoms with Gasteiger partial charge in [0.05, 0.1) is 11.0 Å². The van der Waals surface area contributed by atoms with Crippen LogP contribution in [0.1, 0.15) is 24.0 Å². The number of benzene rings is 1. The van der Waals surface area contributed by atoms with Gasteiger partial charge in [-0.25, -0.2) is 0 Å². The molecule has 1 fully saturated rings. The Kier molecular flexibility index (Phi) is 1.60. The molecule has 4 nitrogen and oxygen atoms in total. The van der Waals surface area contributed by atoms with E-state index in [9.17, 15) is 15.0 Å². The lowest BCUT2D eigenvalue weighted by atomic mass is 9.60. The molecule has 1 aliphatic heterocycles. The number of hydrogen-bond donors (Lipinski definition) is 2. The van der Waals surface area contributed by atoms with E-state index >= 15 is 0 Å². The smallest absolute Gasteiger partial charge is 0.196 e. The van der Waals surface area contributed by atoms with Crippen LogP contribution >= 0.6 is 0 Å². The summed E-state index contributed by atoms with van der Waals surface area (Å²) in [7, 11) is 0. The lowest BCUT2D eigenvalue weighted by molar-refractivity contribution is -0.129. The van der Waals surface area contributed by atoms with Gasteiger partial charge in [-0.15, -0.1) is 0 Å². The van der Waals surface area contributed by atoms with E-state index in [1.165, 1.54) is 6.08 Å². The van der Waals surface area contributed by atoms with Gasteiger partial charge in [0.25, 0.3) is 0 Å². The van der Waals surface area contributed by atoms with Gasteiger partial charge in [-0.2, -0.15) is 0 Å². The minimum atomic E-state index is -1.03. The van der Waals surface area contributed by atoms with E-state index in [2.05, 4.69) is 0 Å². The van der Waals surface area contributed by atoms with Crippen LogP contribution in [-0.2, 0) is 16.6 Å². The SMILES string of the molecule is O=C1C=C[C@@]2(O)CC3Cc4ccc(O)c5c4[C@@]2(C3)[C@H]1O5. The largest absolute Gasteiger partial charge is 0.504 e. The quantitative estimate of drug-likeness (QED) is 0.744. The Morgan fingerprint density at radius 2 is 2.15 bits per heavy atom. The van der Waals surface area contributed by atoms with Gasteiger partial charge < -0.3 is 14.9 Å². The fourth-order valence-electron chi connectivity index (χ4n) is 5.00. The minimum Gasteiger partial charge on any atom is -0.504 e. The predicted octanol–water partition coefficient (Wildman–Crippen LogP) is 1.23. The van der Waals surface area contributed by atoms with Crippen LogP contribution in [0.25, 0.3) is 0 Å². The molecule has 1 unspecified atom stereocenters. The third-order valence-corrected chi connectivity index (χ3v) is 5.63. The van der Waals surface area contributed by atoms with Gasteiger partial charge in [0, 0.05) is 5.56 Å². The summed E-state index contributed by atoms with van der Waals surface area (Å²) in [4.78, 5) is 12.3. The number of phenols is 1. The highest BCUT2D eigenvalue weighted by Gasteiger charge is 2.71. The highest BCUT2D eigenvalue weighted by molar-refractivity contribution is 5.98. The number of rotatable bonds is 0. The van der Waals surface area contributed by atoms with E-state index in [1.807, 2.05) is 6.07 Å². The van der Waals surface area contributed by atoms with Crippen LogP contribution < -0.4 is 4.74 Å². The number of aliphatic hydroxyl groups is 1. The van der Waals surface area contributed by atoms with Crippen molar-refractivity contribution in [1.82, 2.24) is 0 Å². The molecule has 0 aromatic heterocycles. The van der Waals surface area contributed by atoms with Crippen molar-refractivity contribution >= 4 is 5.78 Å². The zero-order valence-corrected chi connectivity index (χ0v) is 10.8. The third kappa shape index (κ3) is 0.907. The van der Waals surface area contributed by atoms with Crippen molar-refractivity contribution in [3.63, 3.8) is 0 Å². The van der Waals surface area contributed by atoms with E-state index in [-0.39, 0.29) is 11.5 Å². The molecule has 4 heteroatoms. The number of aromatic hydroxyl groups is 1. The van der Waals surface area contributed by atoms with Gasteiger partial charge in [0.2, 0.25) is 0 Å². The first kappa shape index (κ1) is 10.9. The van der Waals surface area contributed by atoms with Crippen molar-refractivity contribution in [2.24, 2.45) is 5.92 Å². The molecule has 1 heterocycles. The molecule has 0 amide bonds. The molecule has 1 spiro atoms. The highest BCUT2D eigenvalue weighted by Crippen LogP contribution is 2.66. The van der Waals surface area contributed by atoms with Crippen LogP contribution in [0, 0.1) is 5.92 Å². The normalized spacial score (nSPS) is 42.5. The van der Waals surface area contributed by atoms with Crippen LogP contribution in [0.15, 0.2) is 24.3 Å². The molecular weight excluding hydrogens is 256 g/mol. The van der Waals surface area contributed by atoms with Crippen molar-refractivity contribution in [3.8, 4) is 11.5 Å². The fraction of sp³-hybridized carbons (Fsp3) is 0.438. The van der Waals surface area contributed by atoms with Gasteiger partial charge in [-0.3, -0.25) is 4.79 Å². The fourth-order valence-corrected chi connectivity index (χ4v) is 5.00. The van der Waals surface area contributed by atoms with Crippen LogP contribution in [0.2, 0.25) is 0 Å². The molecule has 2 bridgehead atoms. The van der Waals surface area contributed by atoms with E-state index in [1.54, 1.807) is 12.1 Å². The average Bonchev–Trinajstić information content (AvgIpc) is 2.88. The Hall–Kier alpha value is -1.81. The van der Waals surface area contributed by atoms with Gasteiger partial charge in [0.15, 0.2) is 23.4 Å². The summed E-state index contributed by atoms with van der Waals surface area (Å²) in [6.45, 7) is 0. The first-order chi connectivity index (χ1) is 9.55. The van der Waals surface area contributed by atoms with Crippen LogP contribution in [0.5, 0.6) is 11.5 Å². The monoisotopic (exact) mass is 270 g/mol. The number of carbonyl (C=O) groups is 1. The molecule has 102 valence electrons. The van der Waals surface area contributed by atoms with Gasteiger partial charge >= 0.3 is 0 Å². The van der Waals surface area contributed by atoms with Crippen LogP contribution in [0.4, 0.5) is 0 Å². The molecule has 0 saturated heterocycles. The van der Waals surface area contributed by atoms with Gasteiger partial charge in [-0.1, -0.05) is 6.07 Å². The Bertz CT molecular complexity index is 707. The van der Waals surface area contributed by atoms with Gasteiger partial charge in [0.1, 0.15) is 0 Å². The summed E-state index contributed by atoms with van der Waals surface area (Å²) in [5.74, 6) is 0.722. The molecule has 5 rings (SSSR count). The molecule has 2 N–H and O–H groups in total. The molecule has 3 aliphatic carbocycles. The lowest BCUT2D eigenvalue weighted by Gasteiger charge is -2.43. The van der Waals surface area contributed by atoms with E-state index in [4.69, 9.17) is 4.74 Å². The Morgan fingerprint density at radius 1 is 1.30 bits per heavy atom. The topological polar surface area (TPSA) is 66.8 Å². The average molecular weight is 270 g/mol. The molecular formula is C16H14O4. The number of fused-ring (bicyclic) bond motifs is 1. The molecule has 0 radical (unpaired) electrons. The zero-order chi connectivity index (χ0) is 13.7. The summed E-state index contributed by atoms with van der Waals surface area (Å²) in [5, 5.41) is 21.2. The Labute approximate surface area is 115 Å². The lowest BCUT2D eigenvalue weighted by Crippen LogP contribution is -2.58. The number of ether oxygens (including phenoxy) is 1. The second-order valence-corrected chi connectivity index (χ2v) is 6.56. The summed E-state index contributed by atoms with van der Waals surface area (Å²) in [6, 6.07) is 3.53. The van der Waals surface area contributed by atoms with Crippen molar-refractivity contribution in [3.05, 3.63) is 35.4 Å². The number of ketones is 1. The second kappa shape index (κ2) is 2.93. The Morgan fingerprint density at radius 3 is 3.00 bits per heavy atom. The molecule has 4 atom stereocenters. The number of phenolic OH excluding ortho intramolecular Hbond substituents is 1. The first-order valence-electron chi connectivity index (χ1n) is 7.03. The summed E-state index contributed by atoms with van der Waals surface area (Å²) in [5.41, 5.74) is 0.262. The number of carbonyl (C=O) groups excluding carboxylic acids is 1. The second-order valence-electron chi connectivity index (χ2n) is 6.56. The molecule has 20 heavy (non-hydrogen) atoms.